The van der Waals surface area contributed by atoms with Crippen LogP contribution in [-0.2, 0) is 6.61 Å². The summed E-state index contributed by atoms with van der Waals surface area (Å²) in [4.78, 5) is 22.0. The maximum absolute atomic E-state index is 11.3. The second kappa shape index (κ2) is 6.08. The van der Waals surface area contributed by atoms with Crippen molar-refractivity contribution in [1.82, 2.24) is 5.16 Å². The van der Waals surface area contributed by atoms with Gasteiger partial charge >= 0.3 is 5.97 Å². The Morgan fingerprint density at radius 1 is 1.29 bits per heavy atom. The fraction of sp³-hybridized carbons (Fsp3) is 0.214. The van der Waals surface area contributed by atoms with Crippen molar-refractivity contribution < 1.29 is 28.7 Å². The molecule has 1 N–H and O–H groups in total. The number of rotatable bonds is 6. The lowest BCUT2D eigenvalue weighted by Crippen LogP contribution is -1.99. The van der Waals surface area contributed by atoms with E-state index in [9.17, 15) is 9.59 Å². The van der Waals surface area contributed by atoms with E-state index in [0.717, 1.165) is 0 Å². The second-order valence-electron chi connectivity index (χ2n) is 4.19. The van der Waals surface area contributed by atoms with Crippen LogP contribution in [-0.4, -0.2) is 29.1 Å². The number of hydrogen-bond donors (Lipinski definition) is 1. The van der Waals surface area contributed by atoms with Gasteiger partial charge in [-0.25, -0.2) is 4.79 Å². The van der Waals surface area contributed by atoms with E-state index in [4.69, 9.17) is 19.1 Å². The van der Waals surface area contributed by atoms with E-state index >= 15 is 0 Å². The molecule has 0 aliphatic heterocycles. The fourth-order valence-corrected chi connectivity index (χ4v) is 1.64. The molecular formula is C14H13NO6. The normalized spacial score (nSPS) is 10.2. The summed E-state index contributed by atoms with van der Waals surface area (Å²) < 4.78 is 15.5. The summed E-state index contributed by atoms with van der Waals surface area (Å²) in [5, 5.41) is 12.1. The van der Waals surface area contributed by atoms with E-state index in [1.807, 2.05) is 0 Å². The molecule has 1 aromatic heterocycles. The van der Waals surface area contributed by atoms with Gasteiger partial charge in [0.05, 0.1) is 7.11 Å². The quantitative estimate of drug-likeness (QED) is 0.814. The van der Waals surface area contributed by atoms with Gasteiger partial charge in [-0.2, -0.15) is 0 Å². The molecule has 0 amide bonds. The molecule has 0 aliphatic rings. The fourth-order valence-electron chi connectivity index (χ4n) is 1.64. The number of Topliss-reactive ketones (excluding diaryl/α,β-unsaturated/α-hetero) is 1. The Kier molecular flexibility index (Phi) is 4.22. The van der Waals surface area contributed by atoms with Crippen molar-refractivity contribution >= 4 is 11.8 Å². The number of ether oxygens (including phenoxy) is 2. The van der Waals surface area contributed by atoms with Gasteiger partial charge in [-0.05, 0) is 25.1 Å². The summed E-state index contributed by atoms with van der Waals surface area (Å²) in [7, 11) is 1.46. The monoisotopic (exact) mass is 291 g/mol. The van der Waals surface area contributed by atoms with Crippen molar-refractivity contribution in [1.29, 1.82) is 0 Å². The Morgan fingerprint density at radius 2 is 2.05 bits per heavy atom. The van der Waals surface area contributed by atoms with Gasteiger partial charge in [-0.15, -0.1) is 0 Å². The van der Waals surface area contributed by atoms with Crippen molar-refractivity contribution in [2.75, 3.05) is 7.11 Å². The molecule has 0 unspecified atom stereocenters. The van der Waals surface area contributed by atoms with E-state index in [1.165, 1.54) is 20.1 Å². The van der Waals surface area contributed by atoms with Crippen molar-refractivity contribution in [2.45, 2.75) is 13.5 Å². The van der Waals surface area contributed by atoms with Gasteiger partial charge in [0.2, 0.25) is 0 Å². The lowest BCUT2D eigenvalue weighted by molar-refractivity contribution is 0.0685. The highest BCUT2D eigenvalue weighted by atomic mass is 16.5. The molecule has 2 rings (SSSR count). The first-order valence-electron chi connectivity index (χ1n) is 6.02. The molecule has 0 saturated heterocycles. The van der Waals surface area contributed by atoms with Gasteiger partial charge in [-0.1, -0.05) is 5.16 Å². The topological polar surface area (TPSA) is 98.9 Å². The molecule has 2 aromatic rings. The highest BCUT2D eigenvalue weighted by molar-refractivity contribution is 5.94. The molecule has 0 spiro atoms. The first-order valence-corrected chi connectivity index (χ1v) is 6.02. The summed E-state index contributed by atoms with van der Waals surface area (Å²) in [6, 6.07) is 6.06. The largest absolute Gasteiger partial charge is 0.493 e. The molecular weight excluding hydrogens is 278 g/mol. The number of carboxylic acids is 1. The average molecular weight is 291 g/mol. The molecule has 0 saturated carbocycles. The minimum Gasteiger partial charge on any atom is -0.493 e. The molecule has 21 heavy (non-hydrogen) atoms. The third kappa shape index (κ3) is 3.38. The van der Waals surface area contributed by atoms with Crippen LogP contribution in [0.1, 0.15) is 33.5 Å². The molecule has 0 fully saturated rings. The SMILES string of the molecule is COc1cc(C(C)=O)ccc1OCc1cc(C(=O)O)no1. The van der Waals surface area contributed by atoms with E-state index in [0.29, 0.717) is 17.1 Å². The molecule has 110 valence electrons. The van der Waals surface area contributed by atoms with Crippen molar-refractivity contribution in [2.24, 2.45) is 0 Å². The van der Waals surface area contributed by atoms with Gasteiger partial charge in [0.25, 0.3) is 0 Å². The number of aromatic nitrogens is 1. The highest BCUT2D eigenvalue weighted by Crippen LogP contribution is 2.29. The van der Waals surface area contributed by atoms with Crippen LogP contribution in [0.15, 0.2) is 28.8 Å². The average Bonchev–Trinajstić information content (AvgIpc) is 2.93. The lowest BCUT2D eigenvalue weighted by atomic mass is 10.1. The first kappa shape index (κ1) is 14.6. The zero-order valence-corrected chi connectivity index (χ0v) is 11.5. The second-order valence-corrected chi connectivity index (χ2v) is 4.19. The Balaban J connectivity index is 2.11. The van der Waals surface area contributed by atoms with Gasteiger partial charge in [0.15, 0.2) is 28.7 Å². The molecule has 1 aromatic carbocycles. The van der Waals surface area contributed by atoms with Crippen LogP contribution in [0, 0.1) is 0 Å². The van der Waals surface area contributed by atoms with Gasteiger partial charge < -0.3 is 19.1 Å². The predicted octanol–water partition coefficient (Wildman–Crippen LogP) is 2.16. The maximum atomic E-state index is 11.3. The zero-order valence-electron chi connectivity index (χ0n) is 11.5. The Hall–Kier alpha value is -2.83. The molecule has 0 bridgehead atoms. The van der Waals surface area contributed by atoms with E-state index in [1.54, 1.807) is 18.2 Å². The number of ketones is 1. The minimum absolute atomic E-state index is 0.00391. The van der Waals surface area contributed by atoms with Crippen LogP contribution in [0.5, 0.6) is 11.5 Å². The van der Waals surface area contributed by atoms with Crippen molar-refractivity contribution in [3.05, 3.63) is 41.3 Å². The summed E-state index contributed by atoms with van der Waals surface area (Å²) in [5.74, 6) is -0.170. The standard InChI is InChI=1S/C14H13NO6/c1-8(16)9-3-4-12(13(5-9)19-2)20-7-10-6-11(14(17)18)15-21-10/h3-6H,7H2,1-2H3,(H,17,18). The number of aromatic carboxylic acids is 1. The first-order chi connectivity index (χ1) is 10.0. The van der Waals surface area contributed by atoms with Crippen molar-refractivity contribution in [3.63, 3.8) is 0 Å². The number of benzene rings is 1. The summed E-state index contributed by atoms with van der Waals surface area (Å²) in [6.07, 6.45) is 0. The smallest absolute Gasteiger partial charge is 0.358 e. The van der Waals surface area contributed by atoms with E-state index in [2.05, 4.69) is 5.16 Å². The number of carbonyl (C=O) groups excluding carboxylic acids is 1. The summed E-state index contributed by atoms with van der Waals surface area (Å²) >= 11 is 0. The van der Waals surface area contributed by atoms with Crippen LogP contribution in [0.4, 0.5) is 0 Å². The van der Waals surface area contributed by atoms with Crippen LogP contribution in [0.3, 0.4) is 0 Å². The number of carbonyl (C=O) groups is 2. The van der Waals surface area contributed by atoms with Crippen LogP contribution >= 0.6 is 0 Å². The van der Waals surface area contributed by atoms with E-state index in [-0.39, 0.29) is 23.8 Å². The molecule has 7 heteroatoms. The van der Waals surface area contributed by atoms with Crippen LogP contribution in [0.2, 0.25) is 0 Å². The number of nitrogens with zero attached hydrogens (tertiary/aromatic N) is 1. The van der Waals surface area contributed by atoms with Crippen molar-refractivity contribution in [3.8, 4) is 11.5 Å². The van der Waals surface area contributed by atoms with E-state index < -0.39 is 5.97 Å². The predicted molar refractivity (Wildman–Crippen MR) is 70.8 cm³/mol. The van der Waals surface area contributed by atoms with Crippen LogP contribution in [0.25, 0.3) is 0 Å². The number of methoxy groups -OCH3 is 1. The lowest BCUT2D eigenvalue weighted by Gasteiger charge is -2.10. The van der Waals surface area contributed by atoms with Crippen LogP contribution < -0.4 is 9.47 Å². The molecule has 0 atom stereocenters. The highest BCUT2D eigenvalue weighted by Gasteiger charge is 2.13. The Bertz CT molecular complexity index is 676. The molecule has 0 aliphatic carbocycles. The maximum Gasteiger partial charge on any atom is 0.358 e. The van der Waals surface area contributed by atoms with Gasteiger partial charge in [-0.3, -0.25) is 4.79 Å². The Labute approximate surface area is 120 Å². The molecule has 1 heterocycles. The van der Waals surface area contributed by atoms with Gasteiger partial charge in [0.1, 0.15) is 6.61 Å². The third-order valence-electron chi connectivity index (χ3n) is 2.72. The molecule has 7 nitrogen and oxygen atoms in total. The summed E-state index contributed by atoms with van der Waals surface area (Å²) in [5.41, 5.74) is 0.319. The minimum atomic E-state index is -1.17. The third-order valence-corrected chi connectivity index (χ3v) is 2.72. The number of hydrogen-bond acceptors (Lipinski definition) is 6. The molecule has 0 radical (unpaired) electrons. The van der Waals surface area contributed by atoms with Gasteiger partial charge in [0, 0.05) is 11.6 Å². The summed E-state index contributed by atoms with van der Waals surface area (Å²) in [6.45, 7) is 1.45. The Morgan fingerprint density at radius 3 is 2.62 bits per heavy atom. The number of carboxylic acid groups (broad SMARTS) is 1. The zero-order chi connectivity index (χ0) is 15.4.